The number of amides is 1. The molecule has 130 valence electrons. The highest BCUT2D eigenvalue weighted by atomic mass is 16.5. The number of benzene rings is 1. The molecule has 1 fully saturated rings. The van der Waals surface area contributed by atoms with Crippen LogP contribution in [0, 0.1) is 5.92 Å². The molecule has 1 heterocycles. The van der Waals surface area contributed by atoms with Crippen molar-refractivity contribution >= 4 is 17.6 Å². The Morgan fingerprint density at radius 2 is 2.08 bits per heavy atom. The molecule has 1 saturated heterocycles. The number of aryl methyl sites for hydroxylation is 2. The number of likely N-dealkylation sites (tertiary alicyclic amines) is 1. The lowest BCUT2D eigenvalue weighted by molar-refractivity contribution is -0.899. The Hall–Kier alpha value is -1.88. The van der Waals surface area contributed by atoms with Gasteiger partial charge in [0, 0.05) is 5.69 Å². The lowest BCUT2D eigenvalue weighted by Crippen LogP contribution is -3.14. The number of fused-ring (bicyclic) bond motifs is 1. The Balaban J connectivity index is 1.52. The molecule has 2 N–H and O–H groups in total. The van der Waals surface area contributed by atoms with Crippen LogP contribution >= 0.6 is 0 Å². The van der Waals surface area contributed by atoms with Crippen molar-refractivity contribution in [1.82, 2.24) is 0 Å². The van der Waals surface area contributed by atoms with Gasteiger partial charge in [-0.1, -0.05) is 6.07 Å². The summed E-state index contributed by atoms with van der Waals surface area (Å²) in [5, 5.41) is 3.01. The van der Waals surface area contributed by atoms with E-state index >= 15 is 0 Å². The summed E-state index contributed by atoms with van der Waals surface area (Å²) in [4.78, 5) is 25.4. The van der Waals surface area contributed by atoms with E-state index in [1.54, 1.807) is 0 Å². The average Bonchev–Trinajstić information content (AvgIpc) is 3.03. The Morgan fingerprint density at radius 3 is 2.92 bits per heavy atom. The van der Waals surface area contributed by atoms with Crippen LogP contribution in [0.4, 0.5) is 5.69 Å². The third-order valence-electron chi connectivity index (χ3n) is 5.03. The second kappa shape index (κ2) is 7.79. The molecule has 3 rings (SSSR count). The molecule has 5 nitrogen and oxygen atoms in total. The average molecular weight is 331 g/mol. The molecule has 1 aliphatic carbocycles. The molecule has 24 heavy (non-hydrogen) atoms. The Bertz CT molecular complexity index is 615. The number of esters is 1. The zero-order valence-corrected chi connectivity index (χ0v) is 14.4. The minimum Gasteiger partial charge on any atom is -0.466 e. The van der Waals surface area contributed by atoms with Crippen LogP contribution in [-0.2, 0) is 27.2 Å². The zero-order chi connectivity index (χ0) is 16.9. The number of piperidine rings is 1. The third-order valence-corrected chi connectivity index (χ3v) is 5.03. The molecule has 1 unspecified atom stereocenters. The van der Waals surface area contributed by atoms with Crippen molar-refractivity contribution in [1.29, 1.82) is 0 Å². The maximum atomic E-state index is 12.3. The van der Waals surface area contributed by atoms with Gasteiger partial charge < -0.3 is 15.0 Å². The number of ether oxygens (including phenoxy) is 1. The smallest absolute Gasteiger partial charge is 0.314 e. The number of rotatable bonds is 5. The number of nitrogens with one attached hydrogen (secondary N) is 2. The van der Waals surface area contributed by atoms with E-state index in [-0.39, 0.29) is 17.8 Å². The SMILES string of the molecule is CCOC(=O)[C@@H]1CCC[NH+](CC(=O)Nc2ccc3c(c2)CCC3)C1. The van der Waals surface area contributed by atoms with E-state index in [0.29, 0.717) is 19.7 Å². The Labute approximate surface area is 143 Å². The number of carbonyl (C=O) groups is 2. The molecule has 0 saturated carbocycles. The molecule has 0 bridgehead atoms. The van der Waals surface area contributed by atoms with E-state index in [1.165, 1.54) is 17.5 Å². The van der Waals surface area contributed by atoms with Crippen molar-refractivity contribution in [2.45, 2.75) is 39.0 Å². The van der Waals surface area contributed by atoms with Gasteiger partial charge in [-0.2, -0.15) is 0 Å². The maximum absolute atomic E-state index is 12.3. The second-order valence-electron chi connectivity index (χ2n) is 6.86. The van der Waals surface area contributed by atoms with Crippen molar-refractivity contribution in [3.63, 3.8) is 0 Å². The first-order valence-corrected chi connectivity index (χ1v) is 9.07. The highest BCUT2D eigenvalue weighted by Gasteiger charge is 2.30. The number of quaternary nitrogens is 1. The highest BCUT2D eigenvalue weighted by Crippen LogP contribution is 2.24. The van der Waals surface area contributed by atoms with Gasteiger partial charge in [-0.05, 0) is 62.3 Å². The first-order chi connectivity index (χ1) is 11.7. The largest absolute Gasteiger partial charge is 0.466 e. The van der Waals surface area contributed by atoms with E-state index in [0.717, 1.165) is 42.8 Å². The van der Waals surface area contributed by atoms with Gasteiger partial charge in [-0.15, -0.1) is 0 Å². The van der Waals surface area contributed by atoms with Crippen molar-refractivity contribution in [2.24, 2.45) is 5.92 Å². The summed E-state index contributed by atoms with van der Waals surface area (Å²) in [6, 6.07) is 6.23. The van der Waals surface area contributed by atoms with Crippen LogP contribution in [0.2, 0.25) is 0 Å². The van der Waals surface area contributed by atoms with E-state index in [4.69, 9.17) is 4.74 Å². The van der Waals surface area contributed by atoms with Crippen LogP contribution < -0.4 is 10.2 Å². The number of anilines is 1. The van der Waals surface area contributed by atoms with Crippen LogP contribution in [0.5, 0.6) is 0 Å². The fourth-order valence-corrected chi connectivity index (χ4v) is 3.85. The van der Waals surface area contributed by atoms with Gasteiger partial charge in [0.15, 0.2) is 6.54 Å². The molecular weight excluding hydrogens is 304 g/mol. The van der Waals surface area contributed by atoms with Crippen LogP contribution in [0.15, 0.2) is 18.2 Å². The van der Waals surface area contributed by atoms with Gasteiger partial charge in [0.1, 0.15) is 5.92 Å². The van der Waals surface area contributed by atoms with Crippen LogP contribution in [0.25, 0.3) is 0 Å². The lowest BCUT2D eigenvalue weighted by atomic mass is 9.98. The van der Waals surface area contributed by atoms with Gasteiger partial charge in [-0.3, -0.25) is 9.59 Å². The summed E-state index contributed by atoms with van der Waals surface area (Å²) >= 11 is 0. The van der Waals surface area contributed by atoms with Crippen LogP contribution in [0.3, 0.4) is 0 Å². The predicted octanol–water partition coefficient (Wildman–Crippen LogP) is 0.972. The summed E-state index contributed by atoms with van der Waals surface area (Å²) in [5.41, 5.74) is 3.66. The maximum Gasteiger partial charge on any atom is 0.314 e. The van der Waals surface area contributed by atoms with Gasteiger partial charge in [-0.25, -0.2) is 0 Å². The highest BCUT2D eigenvalue weighted by molar-refractivity contribution is 5.91. The van der Waals surface area contributed by atoms with Crippen molar-refractivity contribution in [2.75, 3.05) is 31.6 Å². The monoisotopic (exact) mass is 331 g/mol. The van der Waals surface area contributed by atoms with E-state index in [9.17, 15) is 9.59 Å². The summed E-state index contributed by atoms with van der Waals surface area (Å²) in [7, 11) is 0. The molecule has 1 aromatic carbocycles. The fourth-order valence-electron chi connectivity index (χ4n) is 3.85. The van der Waals surface area contributed by atoms with Crippen LogP contribution in [-0.4, -0.2) is 38.1 Å². The standard InChI is InChI=1S/C19H26N2O3/c1-2-24-19(23)16-7-4-10-21(12-16)13-18(22)20-17-9-8-14-5-3-6-15(14)11-17/h8-9,11,16H,2-7,10,12-13H2,1H3,(H,20,22)/p+1/t16-/m1/s1. The van der Waals surface area contributed by atoms with Gasteiger partial charge in [0.05, 0.1) is 19.7 Å². The zero-order valence-electron chi connectivity index (χ0n) is 14.4. The molecule has 0 radical (unpaired) electrons. The lowest BCUT2D eigenvalue weighted by Gasteiger charge is -2.28. The van der Waals surface area contributed by atoms with Crippen molar-refractivity contribution < 1.29 is 19.2 Å². The molecule has 1 aliphatic heterocycles. The van der Waals surface area contributed by atoms with Gasteiger partial charge in [0.25, 0.3) is 5.91 Å². The number of hydrogen-bond donors (Lipinski definition) is 2. The molecule has 0 aromatic heterocycles. The normalized spacial score (nSPS) is 22.7. The molecule has 1 aromatic rings. The molecular formula is C19H27N2O3+. The molecule has 2 atom stereocenters. The number of carbonyl (C=O) groups excluding carboxylic acids is 2. The van der Waals surface area contributed by atoms with Crippen molar-refractivity contribution in [3.8, 4) is 0 Å². The van der Waals surface area contributed by atoms with Gasteiger partial charge >= 0.3 is 5.97 Å². The minimum absolute atomic E-state index is 0.0208. The Kier molecular flexibility index (Phi) is 5.51. The van der Waals surface area contributed by atoms with E-state index < -0.39 is 0 Å². The topological polar surface area (TPSA) is 59.8 Å². The quantitative estimate of drug-likeness (QED) is 0.791. The minimum atomic E-state index is -0.117. The Morgan fingerprint density at radius 1 is 1.25 bits per heavy atom. The predicted molar refractivity (Wildman–Crippen MR) is 92.0 cm³/mol. The van der Waals surface area contributed by atoms with E-state index in [2.05, 4.69) is 17.4 Å². The summed E-state index contributed by atoms with van der Waals surface area (Å²) in [5.74, 6) is -0.164. The molecule has 5 heteroatoms. The molecule has 1 amide bonds. The van der Waals surface area contributed by atoms with E-state index in [1.807, 2.05) is 13.0 Å². The first-order valence-electron chi connectivity index (χ1n) is 9.07. The first kappa shape index (κ1) is 17.0. The molecule has 0 spiro atoms. The molecule has 2 aliphatic rings. The fraction of sp³-hybridized carbons (Fsp3) is 0.579. The third kappa shape index (κ3) is 4.15. The summed E-state index contributed by atoms with van der Waals surface area (Å²) in [6.45, 7) is 4.29. The van der Waals surface area contributed by atoms with Crippen molar-refractivity contribution in [3.05, 3.63) is 29.3 Å². The van der Waals surface area contributed by atoms with Crippen LogP contribution in [0.1, 0.15) is 37.3 Å². The summed E-state index contributed by atoms with van der Waals surface area (Å²) < 4.78 is 5.12. The van der Waals surface area contributed by atoms with Gasteiger partial charge in [0.2, 0.25) is 0 Å². The number of hydrogen-bond acceptors (Lipinski definition) is 3. The summed E-state index contributed by atoms with van der Waals surface area (Å²) in [6.07, 6.45) is 5.30. The second-order valence-corrected chi connectivity index (χ2v) is 6.86.